The largest absolute Gasteiger partial charge is 0.183 e. The highest BCUT2D eigenvalue weighted by Crippen LogP contribution is 2.36. The quantitative estimate of drug-likeness (QED) is 0.482. The van der Waals surface area contributed by atoms with Crippen molar-refractivity contribution in [2.45, 2.75) is 50.2 Å². The van der Waals surface area contributed by atoms with Crippen LogP contribution in [0.15, 0.2) is 53.4 Å². The summed E-state index contributed by atoms with van der Waals surface area (Å²) in [5.41, 5.74) is 4.24. The molecule has 0 atom stereocenters. The molecule has 0 saturated heterocycles. The van der Waals surface area contributed by atoms with Gasteiger partial charge in [-0.15, -0.1) is 11.8 Å². The molecule has 0 saturated carbocycles. The molecular weight excluding hydrogens is 304 g/mol. The van der Waals surface area contributed by atoms with E-state index in [0.29, 0.717) is 5.25 Å². The van der Waals surface area contributed by atoms with Crippen LogP contribution in [-0.2, 0) is 5.41 Å². The van der Waals surface area contributed by atoms with Gasteiger partial charge in [0.15, 0.2) is 0 Å². The van der Waals surface area contributed by atoms with Gasteiger partial charge in [0.05, 0.1) is 0 Å². The summed E-state index contributed by atoms with van der Waals surface area (Å²) >= 11 is 5.47. The highest BCUT2D eigenvalue weighted by molar-refractivity contribution is 8.00. The molecule has 2 aromatic rings. The van der Waals surface area contributed by atoms with Crippen LogP contribution in [0.5, 0.6) is 0 Å². The first-order valence-corrected chi connectivity index (χ1v) is 9.46. The van der Waals surface area contributed by atoms with Crippen LogP contribution in [0, 0.1) is 0 Å². The molecule has 0 fully saturated rings. The van der Waals surface area contributed by atoms with E-state index in [1.54, 1.807) is 6.26 Å². The summed E-state index contributed by atoms with van der Waals surface area (Å²) in [5.74, 6) is 0. The molecule has 0 heterocycles. The molecule has 22 heavy (non-hydrogen) atoms. The molecule has 120 valence electrons. The minimum Gasteiger partial charge on any atom is -0.183 e. The van der Waals surface area contributed by atoms with Crippen LogP contribution in [0.25, 0.3) is 11.1 Å². The molecule has 0 bridgehead atoms. The van der Waals surface area contributed by atoms with E-state index in [1.165, 1.54) is 21.6 Å². The lowest BCUT2D eigenvalue weighted by atomic mass is 9.85. The number of thiol groups is 1. The summed E-state index contributed by atoms with van der Waals surface area (Å²) in [5, 5.41) is 0.595. The van der Waals surface area contributed by atoms with Crippen molar-refractivity contribution in [3.05, 3.63) is 54.1 Å². The Morgan fingerprint density at radius 1 is 0.909 bits per heavy atom. The number of rotatable bonds is 3. The molecular formula is C20H28S2. The molecule has 0 N–H and O–H groups in total. The topological polar surface area (TPSA) is 0 Å². The van der Waals surface area contributed by atoms with Gasteiger partial charge in [-0.25, -0.2) is 0 Å². The maximum Gasteiger partial charge on any atom is 0.0153 e. The van der Waals surface area contributed by atoms with Crippen molar-refractivity contribution in [3.8, 4) is 11.1 Å². The summed E-state index contributed by atoms with van der Waals surface area (Å²) in [6.07, 6.45) is 1.69. The molecule has 0 amide bonds. The predicted molar refractivity (Wildman–Crippen MR) is 106 cm³/mol. The van der Waals surface area contributed by atoms with Gasteiger partial charge in [-0.05, 0) is 40.5 Å². The van der Waals surface area contributed by atoms with Gasteiger partial charge in [0.2, 0.25) is 0 Å². The predicted octanol–water partition coefficient (Wildman–Crippen LogP) is 6.70. The highest BCUT2D eigenvalue weighted by atomic mass is 32.2. The summed E-state index contributed by atoms with van der Waals surface area (Å²) < 4.78 is 0. The van der Waals surface area contributed by atoms with E-state index < -0.39 is 0 Å². The Hall–Kier alpha value is -0.860. The number of hydrogen-bond donors (Lipinski definition) is 1. The number of hydrogen-bond acceptors (Lipinski definition) is 2. The van der Waals surface area contributed by atoms with Crippen LogP contribution in [0.4, 0.5) is 0 Å². The first kappa shape index (κ1) is 19.2. The second-order valence-electron chi connectivity index (χ2n) is 6.49. The minimum absolute atomic E-state index is 0.185. The average Bonchev–Trinajstić information content (AvgIpc) is 2.49. The summed E-state index contributed by atoms with van der Waals surface area (Å²) in [6, 6.07) is 17.6. The van der Waals surface area contributed by atoms with Gasteiger partial charge in [0.1, 0.15) is 0 Å². The normalized spacial score (nSPS) is 11.1. The second kappa shape index (κ2) is 8.69. The number of benzene rings is 2. The molecule has 0 spiro atoms. The lowest BCUT2D eigenvalue weighted by Crippen LogP contribution is -2.11. The van der Waals surface area contributed by atoms with E-state index in [0.717, 1.165) is 0 Å². The average molecular weight is 333 g/mol. The third-order valence-corrected chi connectivity index (χ3v) is 4.37. The zero-order chi connectivity index (χ0) is 16.8. The Balaban J connectivity index is 0.00000116. The molecule has 0 aromatic heterocycles. The van der Waals surface area contributed by atoms with Gasteiger partial charge < -0.3 is 0 Å². The Morgan fingerprint density at radius 2 is 1.50 bits per heavy atom. The molecule has 0 aliphatic heterocycles. The Bertz CT molecular complexity index is 566. The van der Waals surface area contributed by atoms with Crippen molar-refractivity contribution in [3.63, 3.8) is 0 Å². The lowest BCUT2D eigenvalue weighted by molar-refractivity contribution is 0.590. The van der Waals surface area contributed by atoms with Crippen molar-refractivity contribution in [1.82, 2.24) is 0 Å². The van der Waals surface area contributed by atoms with Gasteiger partial charge in [-0.1, -0.05) is 71.0 Å². The minimum atomic E-state index is 0.185. The van der Waals surface area contributed by atoms with Crippen LogP contribution in [0.2, 0.25) is 0 Å². The van der Waals surface area contributed by atoms with Crippen LogP contribution >= 0.6 is 24.4 Å². The van der Waals surface area contributed by atoms with Gasteiger partial charge in [0.25, 0.3) is 0 Å². The van der Waals surface area contributed by atoms with Gasteiger partial charge in [-0.3, -0.25) is 0 Å². The van der Waals surface area contributed by atoms with Gasteiger partial charge in [-0.2, -0.15) is 12.6 Å². The van der Waals surface area contributed by atoms with Gasteiger partial charge >= 0.3 is 0 Å². The zero-order valence-corrected chi connectivity index (χ0v) is 16.3. The third kappa shape index (κ3) is 5.40. The Morgan fingerprint density at radius 3 is 2.00 bits per heavy atom. The van der Waals surface area contributed by atoms with Crippen molar-refractivity contribution >= 4 is 24.4 Å². The molecule has 0 nitrogen and oxygen atoms in total. The summed E-state index contributed by atoms with van der Waals surface area (Å²) in [4.78, 5) is 1.37. The van der Waals surface area contributed by atoms with Crippen LogP contribution < -0.4 is 0 Å². The molecule has 2 aromatic carbocycles. The Labute approximate surface area is 146 Å². The summed E-state index contributed by atoms with van der Waals surface area (Å²) in [7, 11) is 0. The van der Waals surface area contributed by atoms with Gasteiger partial charge in [0, 0.05) is 10.1 Å². The highest BCUT2D eigenvalue weighted by Gasteiger charge is 2.16. The van der Waals surface area contributed by atoms with Crippen molar-refractivity contribution in [2.24, 2.45) is 0 Å². The second-order valence-corrected chi connectivity index (χ2v) is 8.11. The van der Waals surface area contributed by atoms with E-state index in [9.17, 15) is 0 Å². The van der Waals surface area contributed by atoms with Crippen LogP contribution in [0.3, 0.4) is 0 Å². The van der Waals surface area contributed by atoms with Crippen LogP contribution in [-0.4, -0.2) is 11.5 Å². The van der Waals surface area contributed by atoms with Crippen molar-refractivity contribution in [2.75, 3.05) is 6.26 Å². The van der Waals surface area contributed by atoms with E-state index in [4.69, 9.17) is 0 Å². The fourth-order valence-corrected chi connectivity index (χ4v) is 3.15. The third-order valence-electron chi connectivity index (χ3n) is 3.29. The van der Waals surface area contributed by atoms with Crippen LogP contribution in [0.1, 0.15) is 40.2 Å². The molecule has 0 aliphatic rings. The van der Waals surface area contributed by atoms with Crippen molar-refractivity contribution in [1.29, 1.82) is 0 Å². The molecule has 0 radical (unpaired) electrons. The van der Waals surface area contributed by atoms with E-state index in [2.05, 4.69) is 95.8 Å². The lowest BCUT2D eigenvalue weighted by Gasteiger charge is -2.22. The summed E-state index contributed by atoms with van der Waals surface area (Å²) in [6.45, 7) is 11.3. The monoisotopic (exact) mass is 332 g/mol. The maximum atomic E-state index is 3.53. The SMILES string of the molecule is CC(C)Sc1ccc(C(C)(C)C)cc1-c1ccccc1.CS. The van der Waals surface area contributed by atoms with E-state index in [-0.39, 0.29) is 5.41 Å². The fraction of sp³-hybridized carbons (Fsp3) is 0.400. The first-order chi connectivity index (χ1) is 10.4. The molecule has 2 heteroatoms. The van der Waals surface area contributed by atoms with E-state index in [1.807, 2.05) is 11.8 Å². The first-order valence-electron chi connectivity index (χ1n) is 7.69. The van der Waals surface area contributed by atoms with E-state index >= 15 is 0 Å². The number of thioether (sulfide) groups is 1. The maximum absolute atomic E-state index is 3.53. The molecule has 0 unspecified atom stereocenters. The molecule has 2 rings (SSSR count). The smallest absolute Gasteiger partial charge is 0.0153 e. The fourth-order valence-electron chi connectivity index (χ4n) is 2.20. The standard InChI is InChI=1S/C19H24S.CH4S/c1-14(2)20-18-12-11-16(19(3,4)5)13-17(18)15-9-7-6-8-10-15;1-2/h6-14H,1-5H3;2H,1H3. The van der Waals surface area contributed by atoms with Crippen molar-refractivity contribution < 1.29 is 0 Å². The molecule has 0 aliphatic carbocycles. The zero-order valence-electron chi connectivity index (χ0n) is 14.6. The Kier molecular flexibility index (Phi) is 7.58.